The zero-order chi connectivity index (χ0) is 14.7. The second kappa shape index (κ2) is 7.72. The molecule has 0 radical (unpaired) electrons. The summed E-state index contributed by atoms with van der Waals surface area (Å²) < 4.78 is 0.516. The van der Waals surface area contributed by atoms with Gasteiger partial charge in [-0.1, -0.05) is 15.9 Å². The van der Waals surface area contributed by atoms with Crippen molar-refractivity contribution in [2.45, 2.75) is 37.8 Å². The minimum Gasteiger partial charge on any atom is -0.349 e. The third-order valence-electron chi connectivity index (χ3n) is 3.46. The SMILES string of the molecule is Cl.NC1CCC(NC(=O)c2cc(Br)cc([N+](=O)[O-])c2)CC1. The van der Waals surface area contributed by atoms with Crippen LogP contribution in [0.15, 0.2) is 22.7 Å². The van der Waals surface area contributed by atoms with Crippen LogP contribution in [0.3, 0.4) is 0 Å². The van der Waals surface area contributed by atoms with E-state index in [4.69, 9.17) is 5.73 Å². The standard InChI is InChI=1S/C13H16BrN3O3.ClH/c14-9-5-8(6-12(7-9)17(19)20)13(18)16-11-3-1-10(15)2-4-11;/h5-7,10-11H,1-4,15H2,(H,16,18);1H. The second-order valence-electron chi connectivity index (χ2n) is 5.04. The zero-order valence-electron chi connectivity index (χ0n) is 11.3. The molecule has 3 N–H and O–H groups in total. The number of nitrogens with zero attached hydrogens (tertiary/aromatic N) is 1. The predicted molar refractivity (Wildman–Crippen MR) is 85.7 cm³/mol. The molecule has 0 atom stereocenters. The molecule has 0 heterocycles. The zero-order valence-corrected chi connectivity index (χ0v) is 13.7. The van der Waals surface area contributed by atoms with Gasteiger partial charge in [-0.25, -0.2) is 0 Å². The maximum atomic E-state index is 12.1. The number of nitrogens with one attached hydrogen (secondary N) is 1. The molecule has 8 heteroatoms. The molecule has 116 valence electrons. The second-order valence-corrected chi connectivity index (χ2v) is 5.96. The number of nitro groups is 1. The maximum Gasteiger partial charge on any atom is 0.271 e. The first-order chi connectivity index (χ1) is 9.45. The number of hydrogen-bond donors (Lipinski definition) is 2. The van der Waals surface area contributed by atoms with Crippen LogP contribution >= 0.6 is 28.3 Å². The average Bonchev–Trinajstić information content (AvgIpc) is 2.40. The van der Waals surface area contributed by atoms with Crippen LogP contribution in [-0.2, 0) is 0 Å². The van der Waals surface area contributed by atoms with E-state index in [1.807, 2.05) is 0 Å². The number of nitro benzene ring substituents is 1. The third kappa shape index (κ3) is 4.94. The monoisotopic (exact) mass is 377 g/mol. The summed E-state index contributed by atoms with van der Waals surface area (Å²) in [6.45, 7) is 0. The highest BCUT2D eigenvalue weighted by molar-refractivity contribution is 9.10. The van der Waals surface area contributed by atoms with Gasteiger partial charge in [0.05, 0.1) is 4.92 Å². The molecule has 6 nitrogen and oxygen atoms in total. The first-order valence-electron chi connectivity index (χ1n) is 6.47. The molecule has 0 aromatic heterocycles. The van der Waals surface area contributed by atoms with E-state index in [1.165, 1.54) is 12.1 Å². The number of nitrogens with two attached hydrogens (primary N) is 1. The van der Waals surface area contributed by atoms with E-state index in [0.717, 1.165) is 25.7 Å². The van der Waals surface area contributed by atoms with Gasteiger partial charge in [0.1, 0.15) is 0 Å². The Labute approximate surface area is 137 Å². The van der Waals surface area contributed by atoms with Crippen molar-refractivity contribution < 1.29 is 9.72 Å². The third-order valence-corrected chi connectivity index (χ3v) is 3.92. The molecular weight excluding hydrogens is 362 g/mol. The van der Waals surface area contributed by atoms with Gasteiger partial charge in [-0.05, 0) is 31.7 Å². The fourth-order valence-corrected chi connectivity index (χ4v) is 2.82. The van der Waals surface area contributed by atoms with Crippen molar-refractivity contribution >= 4 is 39.9 Å². The number of amides is 1. The minimum absolute atomic E-state index is 0. The van der Waals surface area contributed by atoms with Crippen molar-refractivity contribution in [1.82, 2.24) is 5.32 Å². The number of carbonyl (C=O) groups excluding carboxylic acids is 1. The smallest absolute Gasteiger partial charge is 0.271 e. The molecule has 1 fully saturated rings. The van der Waals surface area contributed by atoms with Crippen molar-refractivity contribution in [3.63, 3.8) is 0 Å². The highest BCUT2D eigenvalue weighted by atomic mass is 79.9. The number of non-ortho nitro benzene ring substituents is 1. The van der Waals surface area contributed by atoms with Crippen molar-refractivity contribution in [2.24, 2.45) is 5.73 Å². The Hall–Kier alpha value is -1.18. The van der Waals surface area contributed by atoms with E-state index < -0.39 is 4.92 Å². The Balaban J connectivity index is 0.00000220. The number of halogens is 2. The van der Waals surface area contributed by atoms with Crippen molar-refractivity contribution in [1.29, 1.82) is 0 Å². The van der Waals surface area contributed by atoms with Gasteiger partial charge in [-0.2, -0.15) is 0 Å². The fraction of sp³-hybridized carbons (Fsp3) is 0.462. The Bertz CT molecular complexity index is 533. The molecule has 0 spiro atoms. The molecule has 0 bridgehead atoms. The molecule has 1 aliphatic rings. The molecule has 1 saturated carbocycles. The lowest BCUT2D eigenvalue weighted by Gasteiger charge is -2.26. The minimum atomic E-state index is -0.513. The van der Waals surface area contributed by atoms with Crippen molar-refractivity contribution in [3.8, 4) is 0 Å². The summed E-state index contributed by atoms with van der Waals surface area (Å²) in [6, 6.07) is 4.55. The number of hydrogen-bond acceptors (Lipinski definition) is 4. The lowest BCUT2D eigenvalue weighted by atomic mass is 9.91. The molecule has 0 saturated heterocycles. The Kier molecular flexibility index (Phi) is 6.57. The molecule has 21 heavy (non-hydrogen) atoms. The summed E-state index contributed by atoms with van der Waals surface area (Å²) >= 11 is 3.18. The first kappa shape index (κ1) is 17.9. The normalized spacial score (nSPS) is 21.2. The molecule has 1 aromatic carbocycles. The molecular formula is C13H17BrClN3O3. The van der Waals surface area contributed by atoms with Crippen LogP contribution < -0.4 is 11.1 Å². The summed E-state index contributed by atoms with van der Waals surface area (Å²) in [6.07, 6.45) is 3.49. The molecule has 1 aromatic rings. The molecule has 2 rings (SSSR count). The van der Waals surface area contributed by atoms with Gasteiger partial charge in [0, 0.05) is 34.3 Å². The van der Waals surface area contributed by atoms with E-state index in [9.17, 15) is 14.9 Å². The van der Waals surface area contributed by atoms with Gasteiger partial charge in [0.2, 0.25) is 0 Å². The first-order valence-corrected chi connectivity index (χ1v) is 7.26. The van der Waals surface area contributed by atoms with Gasteiger partial charge in [0.15, 0.2) is 0 Å². The van der Waals surface area contributed by atoms with E-state index in [-0.39, 0.29) is 36.1 Å². The van der Waals surface area contributed by atoms with Gasteiger partial charge >= 0.3 is 0 Å². The van der Waals surface area contributed by atoms with Crippen LogP contribution in [0.1, 0.15) is 36.0 Å². The van der Waals surface area contributed by atoms with Crippen LogP contribution in [0.25, 0.3) is 0 Å². The van der Waals surface area contributed by atoms with Crippen LogP contribution in [0.5, 0.6) is 0 Å². The largest absolute Gasteiger partial charge is 0.349 e. The summed E-state index contributed by atoms with van der Waals surface area (Å²) in [5, 5.41) is 13.7. The van der Waals surface area contributed by atoms with Crippen LogP contribution in [0.2, 0.25) is 0 Å². The molecule has 1 amide bonds. The quantitative estimate of drug-likeness (QED) is 0.624. The summed E-state index contributed by atoms with van der Waals surface area (Å²) in [4.78, 5) is 22.4. The maximum absolute atomic E-state index is 12.1. The van der Waals surface area contributed by atoms with E-state index in [0.29, 0.717) is 10.0 Å². The Morgan fingerprint density at radius 2 is 1.90 bits per heavy atom. The summed E-state index contributed by atoms with van der Waals surface area (Å²) in [5.74, 6) is -0.283. The fourth-order valence-electron chi connectivity index (χ4n) is 2.34. The molecule has 1 aliphatic carbocycles. The lowest BCUT2D eigenvalue weighted by molar-refractivity contribution is -0.385. The average molecular weight is 379 g/mol. The van der Waals surface area contributed by atoms with E-state index in [2.05, 4.69) is 21.2 Å². The highest BCUT2D eigenvalue weighted by Crippen LogP contribution is 2.22. The van der Waals surface area contributed by atoms with Gasteiger partial charge in [-0.15, -0.1) is 12.4 Å². The lowest BCUT2D eigenvalue weighted by Crippen LogP contribution is -2.40. The van der Waals surface area contributed by atoms with E-state index >= 15 is 0 Å². The Morgan fingerprint density at radius 3 is 2.48 bits per heavy atom. The van der Waals surface area contributed by atoms with Gasteiger partial charge in [-0.3, -0.25) is 14.9 Å². The molecule has 0 aliphatic heterocycles. The predicted octanol–water partition coefficient (Wildman–Crippen LogP) is 2.78. The van der Waals surface area contributed by atoms with Crippen molar-refractivity contribution in [3.05, 3.63) is 38.3 Å². The van der Waals surface area contributed by atoms with E-state index in [1.54, 1.807) is 6.07 Å². The summed E-state index contributed by atoms with van der Waals surface area (Å²) in [7, 11) is 0. The summed E-state index contributed by atoms with van der Waals surface area (Å²) in [5.41, 5.74) is 6.01. The number of rotatable bonds is 3. The number of benzene rings is 1. The molecule has 0 unspecified atom stereocenters. The highest BCUT2D eigenvalue weighted by Gasteiger charge is 2.21. The van der Waals surface area contributed by atoms with Gasteiger partial charge in [0.25, 0.3) is 11.6 Å². The van der Waals surface area contributed by atoms with Gasteiger partial charge < -0.3 is 11.1 Å². The van der Waals surface area contributed by atoms with Crippen LogP contribution in [0, 0.1) is 10.1 Å². The van der Waals surface area contributed by atoms with Crippen molar-refractivity contribution in [2.75, 3.05) is 0 Å². The van der Waals surface area contributed by atoms with Crippen LogP contribution in [-0.4, -0.2) is 22.9 Å². The topological polar surface area (TPSA) is 98.3 Å². The number of carbonyl (C=O) groups is 1. The Morgan fingerprint density at radius 1 is 1.29 bits per heavy atom. The van der Waals surface area contributed by atoms with Crippen LogP contribution in [0.4, 0.5) is 5.69 Å².